The van der Waals surface area contributed by atoms with Gasteiger partial charge in [0.15, 0.2) is 17.5 Å². The van der Waals surface area contributed by atoms with Gasteiger partial charge in [0.2, 0.25) is 0 Å². The second kappa shape index (κ2) is 7.41. The molecule has 0 saturated heterocycles. The van der Waals surface area contributed by atoms with Crippen LogP contribution in [-0.2, 0) is 0 Å². The fourth-order valence-corrected chi connectivity index (χ4v) is 2.03. The summed E-state index contributed by atoms with van der Waals surface area (Å²) in [4.78, 5) is 0. The summed E-state index contributed by atoms with van der Waals surface area (Å²) in [5.74, 6) is -3.66. The van der Waals surface area contributed by atoms with Gasteiger partial charge in [0.05, 0.1) is 0 Å². The molecule has 1 N–H and O–H groups in total. The van der Waals surface area contributed by atoms with Crippen LogP contribution in [0.1, 0.15) is 50.6 Å². The number of halogens is 3. The summed E-state index contributed by atoms with van der Waals surface area (Å²) >= 11 is 0. The smallest absolute Gasteiger partial charge is 0.194 e. The van der Waals surface area contributed by atoms with Gasteiger partial charge in [-0.05, 0) is 31.2 Å². The zero-order valence-corrected chi connectivity index (χ0v) is 10.9. The van der Waals surface area contributed by atoms with Crippen molar-refractivity contribution in [3.05, 3.63) is 35.1 Å². The van der Waals surface area contributed by atoms with Crippen molar-refractivity contribution in [1.29, 1.82) is 0 Å². The third-order valence-corrected chi connectivity index (χ3v) is 3.10. The molecule has 1 atom stereocenters. The molecule has 0 amide bonds. The first-order chi connectivity index (χ1) is 8.60. The Morgan fingerprint density at radius 2 is 1.67 bits per heavy atom. The van der Waals surface area contributed by atoms with E-state index in [4.69, 9.17) is 0 Å². The molecule has 1 aromatic rings. The first kappa shape index (κ1) is 15.0. The Labute approximate surface area is 106 Å². The molecule has 102 valence electrons. The summed E-state index contributed by atoms with van der Waals surface area (Å²) < 4.78 is 39.1. The van der Waals surface area contributed by atoms with Crippen LogP contribution in [0.3, 0.4) is 0 Å². The number of hydrogen-bond donors (Lipinski definition) is 1. The summed E-state index contributed by atoms with van der Waals surface area (Å²) in [6.45, 7) is 2.13. The summed E-state index contributed by atoms with van der Waals surface area (Å²) in [6, 6.07) is 2.00. The number of unbranched alkanes of at least 4 members (excludes halogenated alkanes) is 3. The third-order valence-electron chi connectivity index (χ3n) is 3.10. The summed E-state index contributed by atoms with van der Waals surface area (Å²) in [6.07, 6.45) is 5.18. The lowest BCUT2D eigenvalue weighted by Gasteiger charge is -2.17. The second-order valence-electron chi connectivity index (χ2n) is 4.49. The minimum atomic E-state index is -1.40. The lowest BCUT2D eigenvalue weighted by Crippen LogP contribution is -2.17. The van der Waals surface area contributed by atoms with Gasteiger partial charge in [-0.1, -0.05) is 32.6 Å². The topological polar surface area (TPSA) is 12.0 Å². The van der Waals surface area contributed by atoms with E-state index < -0.39 is 17.5 Å². The van der Waals surface area contributed by atoms with E-state index in [-0.39, 0.29) is 6.04 Å². The van der Waals surface area contributed by atoms with E-state index in [2.05, 4.69) is 12.2 Å². The van der Waals surface area contributed by atoms with Crippen molar-refractivity contribution in [2.45, 2.75) is 45.1 Å². The van der Waals surface area contributed by atoms with Crippen LogP contribution in [0.4, 0.5) is 13.2 Å². The lowest BCUT2D eigenvalue weighted by atomic mass is 10.00. The van der Waals surface area contributed by atoms with E-state index >= 15 is 0 Å². The van der Waals surface area contributed by atoms with Gasteiger partial charge >= 0.3 is 0 Å². The van der Waals surface area contributed by atoms with Crippen LogP contribution >= 0.6 is 0 Å². The first-order valence-corrected chi connectivity index (χ1v) is 6.41. The van der Waals surface area contributed by atoms with Crippen molar-refractivity contribution in [2.24, 2.45) is 0 Å². The van der Waals surface area contributed by atoms with Gasteiger partial charge in [0.1, 0.15) is 0 Å². The van der Waals surface area contributed by atoms with Crippen LogP contribution in [0.15, 0.2) is 12.1 Å². The number of benzene rings is 1. The van der Waals surface area contributed by atoms with Crippen molar-refractivity contribution < 1.29 is 13.2 Å². The van der Waals surface area contributed by atoms with Gasteiger partial charge in [-0.3, -0.25) is 0 Å². The van der Waals surface area contributed by atoms with E-state index in [1.54, 1.807) is 7.05 Å². The lowest BCUT2D eigenvalue weighted by molar-refractivity contribution is 0.437. The Morgan fingerprint density at radius 3 is 2.17 bits per heavy atom. The van der Waals surface area contributed by atoms with Crippen LogP contribution in [0.25, 0.3) is 0 Å². The summed E-state index contributed by atoms with van der Waals surface area (Å²) in [7, 11) is 1.74. The number of rotatable bonds is 7. The third kappa shape index (κ3) is 4.02. The van der Waals surface area contributed by atoms with E-state index in [0.717, 1.165) is 44.2 Å². The molecule has 0 heterocycles. The highest BCUT2D eigenvalue weighted by atomic mass is 19.2. The van der Waals surface area contributed by atoms with Gasteiger partial charge in [0.25, 0.3) is 0 Å². The molecule has 4 heteroatoms. The predicted octanol–water partition coefficient (Wildman–Crippen LogP) is 4.33. The van der Waals surface area contributed by atoms with Crippen LogP contribution in [0.5, 0.6) is 0 Å². The molecule has 1 nitrogen and oxygen atoms in total. The van der Waals surface area contributed by atoms with Crippen LogP contribution < -0.4 is 5.32 Å². The Balaban J connectivity index is 2.70. The van der Waals surface area contributed by atoms with E-state index in [0.29, 0.717) is 5.56 Å². The molecule has 0 aliphatic heterocycles. The molecule has 1 aromatic carbocycles. The molecule has 0 bridgehead atoms. The maximum atomic E-state index is 13.1. The second-order valence-corrected chi connectivity index (χ2v) is 4.49. The standard InChI is InChI=1S/C14H20F3N/c1-3-4-5-6-7-13(18-2)10-8-11(15)14(17)12(16)9-10/h8-9,13,18H,3-7H2,1-2H3. The Kier molecular flexibility index (Phi) is 6.19. The van der Waals surface area contributed by atoms with Crippen molar-refractivity contribution in [1.82, 2.24) is 5.32 Å². The highest BCUT2D eigenvalue weighted by Gasteiger charge is 2.15. The molecular weight excluding hydrogens is 239 g/mol. The van der Waals surface area contributed by atoms with Crippen LogP contribution in [0.2, 0.25) is 0 Å². The minimum Gasteiger partial charge on any atom is -0.313 e. The molecule has 18 heavy (non-hydrogen) atoms. The molecule has 0 saturated carbocycles. The van der Waals surface area contributed by atoms with Crippen LogP contribution in [-0.4, -0.2) is 7.05 Å². The molecule has 0 radical (unpaired) electrons. The Bertz CT molecular complexity index is 356. The zero-order valence-electron chi connectivity index (χ0n) is 10.9. The monoisotopic (exact) mass is 259 g/mol. The molecule has 0 spiro atoms. The van der Waals surface area contributed by atoms with Gasteiger partial charge in [-0.15, -0.1) is 0 Å². The molecule has 1 unspecified atom stereocenters. The van der Waals surface area contributed by atoms with Crippen molar-refractivity contribution in [3.8, 4) is 0 Å². The fourth-order valence-electron chi connectivity index (χ4n) is 2.03. The maximum absolute atomic E-state index is 13.1. The van der Waals surface area contributed by atoms with Crippen LogP contribution in [0, 0.1) is 17.5 Å². The first-order valence-electron chi connectivity index (χ1n) is 6.41. The van der Waals surface area contributed by atoms with E-state index in [9.17, 15) is 13.2 Å². The SMILES string of the molecule is CCCCCCC(NC)c1cc(F)c(F)c(F)c1. The van der Waals surface area contributed by atoms with Gasteiger partial charge < -0.3 is 5.32 Å². The van der Waals surface area contributed by atoms with E-state index in [1.165, 1.54) is 0 Å². The molecule has 1 rings (SSSR count). The van der Waals surface area contributed by atoms with Gasteiger partial charge in [-0.2, -0.15) is 0 Å². The number of hydrogen-bond acceptors (Lipinski definition) is 1. The van der Waals surface area contributed by atoms with Crippen molar-refractivity contribution in [3.63, 3.8) is 0 Å². The average molecular weight is 259 g/mol. The highest BCUT2D eigenvalue weighted by Crippen LogP contribution is 2.23. The van der Waals surface area contributed by atoms with Crippen molar-refractivity contribution in [2.75, 3.05) is 7.05 Å². The van der Waals surface area contributed by atoms with Gasteiger partial charge in [-0.25, -0.2) is 13.2 Å². The quantitative estimate of drug-likeness (QED) is 0.567. The zero-order chi connectivity index (χ0) is 13.5. The largest absolute Gasteiger partial charge is 0.313 e. The minimum absolute atomic E-state index is 0.133. The van der Waals surface area contributed by atoms with E-state index in [1.807, 2.05) is 0 Å². The summed E-state index contributed by atoms with van der Waals surface area (Å²) in [5.41, 5.74) is 0.463. The number of nitrogens with one attached hydrogen (secondary N) is 1. The Morgan fingerprint density at radius 1 is 1.06 bits per heavy atom. The fraction of sp³-hybridized carbons (Fsp3) is 0.571. The average Bonchev–Trinajstić information content (AvgIpc) is 2.35. The molecule has 0 aromatic heterocycles. The molecule has 0 aliphatic rings. The van der Waals surface area contributed by atoms with Gasteiger partial charge in [0, 0.05) is 6.04 Å². The molecule has 0 fully saturated rings. The molecular formula is C14H20F3N. The summed E-state index contributed by atoms with van der Waals surface area (Å²) in [5, 5.41) is 3.01. The van der Waals surface area contributed by atoms with Crippen molar-refractivity contribution >= 4 is 0 Å². The Hall–Kier alpha value is -1.03. The molecule has 0 aliphatic carbocycles. The maximum Gasteiger partial charge on any atom is 0.194 e. The normalized spacial score (nSPS) is 12.7. The predicted molar refractivity (Wildman–Crippen MR) is 66.9 cm³/mol. The highest BCUT2D eigenvalue weighted by molar-refractivity contribution is 5.22.